The predicted molar refractivity (Wildman–Crippen MR) is 98.2 cm³/mol. The van der Waals surface area contributed by atoms with Crippen molar-refractivity contribution in [3.8, 4) is 0 Å². The Morgan fingerprint density at radius 2 is 1.89 bits per heavy atom. The molecule has 1 aliphatic heterocycles. The van der Waals surface area contributed by atoms with E-state index in [0.29, 0.717) is 6.42 Å². The highest BCUT2D eigenvalue weighted by Crippen LogP contribution is 2.53. The first-order chi connectivity index (χ1) is 12.6. The molecule has 148 valence electrons. The zero-order valence-electron chi connectivity index (χ0n) is 15.9. The summed E-state index contributed by atoms with van der Waals surface area (Å²) < 4.78 is 34.5. The van der Waals surface area contributed by atoms with Crippen LogP contribution in [0.5, 0.6) is 0 Å². The van der Waals surface area contributed by atoms with Crippen LogP contribution in [0.3, 0.4) is 0 Å². The van der Waals surface area contributed by atoms with E-state index in [1.807, 2.05) is 30.3 Å². The molecule has 1 saturated heterocycles. The summed E-state index contributed by atoms with van der Waals surface area (Å²) in [5, 5.41) is 1.91. The van der Waals surface area contributed by atoms with Gasteiger partial charge in [0, 0.05) is 25.3 Å². The molecule has 0 radical (unpaired) electrons. The van der Waals surface area contributed by atoms with Gasteiger partial charge in [-0.25, -0.2) is 5.06 Å². The molecule has 1 aromatic rings. The molecule has 3 rings (SSSR count). The van der Waals surface area contributed by atoms with Crippen LogP contribution in [0.1, 0.15) is 19.8 Å². The number of benzene rings is 1. The minimum atomic E-state index is -3.48. The van der Waals surface area contributed by atoms with Crippen molar-refractivity contribution in [3.05, 3.63) is 30.3 Å². The second-order valence-electron chi connectivity index (χ2n) is 7.95. The molecular formula is C19H25F2NO4Si. The molecular weight excluding hydrogens is 372 g/mol. The van der Waals surface area contributed by atoms with Crippen molar-refractivity contribution in [3.63, 3.8) is 0 Å². The molecule has 0 aromatic heterocycles. The summed E-state index contributed by atoms with van der Waals surface area (Å²) in [6.45, 7) is 5.54. The molecule has 0 spiro atoms. The fourth-order valence-corrected chi connectivity index (χ4v) is 8.90. The third-order valence-electron chi connectivity index (χ3n) is 6.00. The van der Waals surface area contributed by atoms with Gasteiger partial charge in [0.05, 0.1) is 21.2 Å². The number of hydrogen-bond acceptors (Lipinski definition) is 4. The minimum absolute atomic E-state index is 0.245. The maximum Gasteiger partial charge on any atom is 0.327 e. The highest BCUT2D eigenvalue weighted by molar-refractivity contribution is 6.91. The normalized spacial score (nSPS) is 30.1. The number of hydroxylamine groups is 2. The largest absolute Gasteiger partial charge is 0.462 e. The molecule has 2 aliphatic rings. The van der Waals surface area contributed by atoms with Crippen LogP contribution in [0.15, 0.2) is 30.3 Å². The van der Waals surface area contributed by atoms with Crippen LogP contribution in [0.2, 0.25) is 18.6 Å². The van der Waals surface area contributed by atoms with E-state index in [9.17, 15) is 18.4 Å². The van der Waals surface area contributed by atoms with E-state index in [1.165, 1.54) is 14.0 Å². The molecule has 1 aliphatic carbocycles. The quantitative estimate of drug-likeness (QED) is 0.579. The van der Waals surface area contributed by atoms with Crippen molar-refractivity contribution in [2.75, 3.05) is 7.11 Å². The SMILES string of the molecule is CON1C(=O)C(F)(F)C[C@@H]2[C@@H]([Si](C)(C)c3ccccc3)[C@@H](OC(C)=O)C[C@@H]21. The number of carbonyl (C=O) groups excluding carboxylic acids is 2. The molecule has 1 amide bonds. The summed E-state index contributed by atoms with van der Waals surface area (Å²) >= 11 is 0. The molecule has 4 atom stereocenters. The number of nitrogens with zero attached hydrogens (tertiary/aromatic N) is 1. The van der Waals surface area contributed by atoms with E-state index in [1.54, 1.807) is 0 Å². The average molecular weight is 397 g/mol. The van der Waals surface area contributed by atoms with Crippen LogP contribution in [0, 0.1) is 5.92 Å². The van der Waals surface area contributed by atoms with E-state index in [2.05, 4.69) is 13.1 Å². The van der Waals surface area contributed by atoms with Gasteiger partial charge in [-0.15, -0.1) is 0 Å². The van der Waals surface area contributed by atoms with Gasteiger partial charge in [-0.2, -0.15) is 8.78 Å². The van der Waals surface area contributed by atoms with Crippen LogP contribution in [-0.2, 0) is 19.2 Å². The highest BCUT2D eigenvalue weighted by Gasteiger charge is 2.63. The standard InChI is InChI=1S/C19H25F2NO4Si/c1-12(23)26-16-10-15-14(11-19(20,21)18(24)22(15)25-2)17(16)27(3,4)13-8-6-5-7-9-13/h5-9,14-17H,10-11H2,1-4H3/t14-,15-,16-,17+/m0/s1. The number of amides is 1. The molecule has 0 N–H and O–H groups in total. The van der Waals surface area contributed by atoms with Crippen molar-refractivity contribution in [2.24, 2.45) is 5.92 Å². The van der Waals surface area contributed by atoms with Gasteiger partial charge in [-0.1, -0.05) is 48.6 Å². The van der Waals surface area contributed by atoms with E-state index in [4.69, 9.17) is 9.57 Å². The third-order valence-corrected chi connectivity index (χ3v) is 10.3. The van der Waals surface area contributed by atoms with Crippen molar-refractivity contribution < 1.29 is 27.9 Å². The summed E-state index contributed by atoms with van der Waals surface area (Å²) in [7, 11) is -1.09. The lowest BCUT2D eigenvalue weighted by Crippen LogP contribution is -2.58. The number of rotatable bonds is 4. The minimum Gasteiger partial charge on any atom is -0.462 e. The fraction of sp³-hybridized carbons (Fsp3) is 0.579. The first-order valence-corrected chi connectivity index (χ1v) is 12.2. The second kappa shape index (κ2) is 6.98. The van der Waals surface area contributed by atoms with Crippen LogP contribution >= 0.6 is 0 Å². The number of fused-ring (bicyclic) bond motifs is 1. The molecule has 1 saturated carbocycles. The average Bonchev–Trinajstić information content (AvgIpc) is 2.93. The number of alkyl halides is 2. The Hall–Kier alpha value is -1.80. The van der Waals surface area contributed by atoms with Crippen molar-refractivity contribution >= 4 is 25.1 Å². The predicted octanol–water partition coefficient (Wildman–Crippen LogP) is 2.72. The number of halogens is 2. The molecule has 8 heteroatoms. The molecule has 5 nitrogen and oxygen atoms in total. The lowest BCUT2D eigenvalue weighted by atomic mass is 9.90. The summed E-state index contributed by atoms with van der Waals surface area (Å²) in [6.07, 6.45) is -0.741. The lowest BCUT2D eigenvalue weighted by Gasteiger charge is -2.43. The Morgan fingerprint density at radius 3 is 2.44 bits per heavy atom. The molecule has 0 bridgehead atoms. The van der Waals surface area contributed by atoms with Crippen LogP contribution in [-0.4, -0.2) is 50.2 Å². The van der Waals surface area contributed by atoms with Gasteiger partial charge in [-0.05, 0) is 5.92 Å². The third kappa shape index (κ3) is 3.40. The number of piperidine rings is 1. The van der Waals surface area contributed by atoms with Gasteiger partial charge in [0.15, 0.2) is 0 Å². The Labute approximate surface area is 158 Å². The summed E-state index contributed by atoms with van der Waals surface area (Å²) in [6, 6.07) is 9.26. The van der Waals surface area contributed by atoms with Crippen molar-refractivity contribution in [1.29, 1.82) is 0 Å². The number of ether oxygens (including phenoxy) is 1. The van der Waals surface area contributed by atoms with Gasteiger partial charge in [0.2, 0.25) is 0 Å². The van der Waals surface area contributed by atoms with Crippen LogP contribution < -0.4 is 5.19 Å². The Kier molecular flexibility index (Phi) is 5.15. The topological polar surface area (TPSA) is 55.8 Å². The smallest absolute Gasteiger partial charge is 0.327 e. The zero-order chi connectivity index (χ0) is 20.0. The van der Waals surface area contributed by atoms with Gasteiger partial charge in [0.1, 0.15) is 6.10 Å². The molecule has 27 heavy (non-hydrogen) atoms. The van der Waals surface area contributed by atoms with E-state index in [-0.39, 0.29) is 5.54 Å². The summed E-state index contributed by atoms with van der Waals surface area (Å²) in [5.74, 6) is -5.73. The number of hydrogen-bond donors (Lipinski definition) is 0. The zero-order valence-corrected chi connectivity index (χ0v) is 16.9. The maximum atomic E-state index is 14.5. The summed E-state index contributed by atoms with van der Waals surface area (Å²) in [4.78, 5) is 28.9. The van der Waals surface area contributed by atoms with Gasteiger partial charge in [-0.3, -0.25) is 14.4 Å². The van der Waals surface area contributed by atoms with Crippen molar-refractivity contribution in [2.45, 2.75) is 56.5 Å². The highest BCUT2D eigenvalue weighted by atomic mass is 28.3. The van der Waals surface area contributed by atoms with E-state index in [0.717, 1.165) is 10.2 Å². The van der Waals surface area contributed by atoms with Crippen molar-refractivity contribution in [1.82, 2.24) is 5.06 Å². The first-order valence-electron chi connectivity index (χ1n) is 9.08. The lowest BCUT2D eigenvalue weighted by molar-refractivity contribution is -0.232. The Bertz CT molecular complexity index is 728. The second-order valence-corrected chi connectivity index (χ2v) is 12.6. The Morgan fingerprint density at radius 1 is 1.26 bits per heavy atom. The van der Waals surface area contributed by atoms with Gasteiger partial charge >= 0.3 is 17.8 Å². The van der Waals surface area contributed by atoms with E-state index >= 15 is 0 Å². The van der Waals surface area contributed by atoms with Crippen LogP contribution in [0.4, 0.5) is 8.78 Å². The summed E-state index contributed by atoms with van der Waals surface area (Å²) in [5.41, 5.74) is -0.245. The monoisotopic (exact) mass is 397 g/mol. The van der Waals surface area contributed by atoms with E-state index < -0.39 is 50.4 Å². The first kappa shape index (κ1) is 19.9. The maximum absolute atomic E-state index is 14.5. The van der Waals surface area contributed by atoms with Crippen LogP contribution in [0.25, 0.3) is 0 Å². The fourth-order valence-electron chi connectivity index (χ4n) is 4.92. The Balaban J connectivity index is 2.05. The number of carbonyl (C=O) groups is 2. The number of esters is 1. The molecule has 2 fully saturated rings. The molecule has 1 aromatic carbocycles. The molecule has 1 heterocycles. The molecule has 0 unspecified atom stereocenters. The van der Waals surface area contributed by atoms with Gasteiger partial charge < -0.3 is 4.74 Å². The van der Waals surface area contributed by atoms with Gasteiger partial charge in [0.25, 0.3) is 0 Å².